The number of carbonyl (C=O) groups excluding carboxylic acids is 2. The molecule has 1 aliphatic heterocycles. The highest BCUT2D eigenvalue weighted by Gasteiger charge is 2.35. The summed E-state index contributed by atoms with van der Waals surface area (Å²) in [7, 11) is 1.72. The Bertz CT molecular complexity index is 821. The van der Waals surface area contributed by atoms with Crippen LogP contribution in [-0.4, -0.2) is 51.6 Å². The number of phenols is 2. The van der Waals surface area contributed by atoms with Crippen LogP contribution in [0.1, 0.15) is 24.0 Å². The predicted octanol–water partition coefficient (Wildman–Crippen LogP) is 2.43. The molecule has 0 aliphatic carbocycles. The summed E-state index contributed by atoms with van der Waals surface area (Å²) >= 11 is 0. The second-order valence-electron chi connectivity index (χ2n) is 7.04. The van der Waals surface area contributed by atoms with E-state index in [9.17, 15) is 19.8 Å². The van der Waals surface area contributed by atoms with Crippen LogP contribution in [0.25, 0.3) is 0 Å². The minimum Gasteiger partial charge on any atom is -0.508 e. The number of hydrogen-bond donors (Lipinski definition) is 3. The van der Waals surface area contributed by atoms with Crippen LogP contribution in [0.5, 0.6) is 11.5 Å². The minimum atomic E-state index is -0.470. The number of likely N-dealkylation sites (N-methyl/N-ethyl adjacent to an activating group) is 1. The SMILES string of the molecule is CN(Cc1ccc(O)cc1)C(=O)[C@H]1CCCN1C(=O)NCc1ccc(O)cc1. The van der Waals surface area contributed by atoms with Gasteiger partial charge in [0.05, 0.1) is 0 Å². The highest BCUT2D eigenvalue weighted by Crippen LogP contribution is 2.21. The molecule has 3 rings (SSSR count). The second kappa shape index (κ2) is 8.65. The molecule has 28 heavy (non-hydrogen) atoms. The third-order valence-corrected chi connectivity index (χ3v) is 4.91. The molecule has 0 bridgehead atoms. The van der Waals surface area contributed by atoms with E-state index in [1.54, 1.807) is 65.4 Å². The molecule has 7 nitrogen and oxygen atoms in total. The molecule has 1 aliphatic rings. The number of amides is 3. The summed E-state index contributed by atoms with van der Waals surface area (Å²) < 4.78 is 0. The number of nitrogens with zero attached hydrogens (tertiary/aromatic N) is 2. The molecule has 3 amide bonds. The summed E-state index contributed by atoms with van der Waals surface area (Å²) in [6.07, 6.45) is 1.43. The van der Waals surface area contributed by atoms with E-state index in [1.807, 2.05) is 0 Å². The van der Waals surface area contributed by atoms with Crippen molar-refractivity contribution in [1.82, 2.24) is 15.1 Å². The molecule has 3 N–H and O–H groups in total. The maximum atomic E-state index is 12.9. The van der Waals surface area contributed by atoms with E-state index in [2.05, 4.69) is 5.32 Å². The zero-order valence-electron chi connectivity index (χ0n) is 15.8. The fraction of sp³-hybridized carbons (Fsp3) is 0.333. The first-order valence-corrected chi connectivity index (χ1v) is 9.29. The summed E-state index contributed by atoms with van der Waals surface area (Å²) in [6.45, 7) is 1.29. The molecule has 1 atom stereocenters. The standard InChI is InChI=1S/C21H25N3O4/c1-23(14-16-6-10-18(26)11-7-16)20(27)19-3-2-12-24(19)21(28)22-13-15-4-8-17(25)9-5-15/h4-11,19,25-26H,2-3,12-14H2,1H3,(H,22,28)/t19-/m1/s1. The van der Waals surface area contributed by atoms with Gasteiger partial charge in [-0.1, -0.05) is 24.3 Å². The molecule has 2 aromatic rings. The average molecular weight is 383 g/mol. The van der Waals surface area contributed by atoms with Crippen LogP contribution in [0.2, 0.25) is 0 Å². The van der Waals surface area contributed by atoms with Crippen molar-refractivity contribution in [2.24, 2.45) is 0 Å². The molecule has 7 heteroatoms. The number of urea groups is 1. The van der Waals surface area contributed by atoms with Gasteiger partial charge in [0, 0.05) is 26.7 Å². The number of phenolic OH excluding ortho intramolecular Hbond substituents is 2. The topological polar surface area (TPSA) is 93.1 Å². The Balaban J connectivity index is 1.57. The van der Waals surface area contributed by atoms with Crippen molar-refractivity contribution in [1.29, 1.82) is 0 Å². The first-order valence-electron chi connectivity index (χ1n) is 9.29. The Morgan fingerprint density at radius 1 is 1.04 bits per heavy atom. The smallest absolute Gasteiger partial charge is 0.318 e. The third kappa shape index (κ3) is 4.73. The van der Waals surface area contributed by atoms with Crippen molar-refractivity contribution < 1.29 is 19.8 Å². The Morgan fingerprint density at radius 3 is 2.21 bits per heavy atom. The van der Waals surface area contributed by atoms with E-state index in [4.69, 9.17) is 0 Å². The number of aromatic hydroxyl groups is 2. The molecule has 2 aromatic carbocycles. The fourth-order valence-corrected chi connectivity index (χ4v) is 3.37. The largest absolute Gasteiger partial charge is 0.508 e. The average Bonchev–Trinajstić information content (AvgIpc) is 3.18. The van der Waals surface area contributed by atoms with Crippen LogP contribution in [0.4, 0.5) is 4.79 Å². The van der Waals surface area contributed by atoms with E-state index in [-0.39, 0.29) is 23.4 Å². The van der Waals surface area contributed by atoms with Gasteiger partial charge in [-0.05, 0) is 48.2 Å². The van der Waals surface area contributed by atoms with Gasteiger partial charge in [0.2, 0.25) is 5.91 Å². The molecule has 0 unspecified atom stereocenters. The number of likely N-dealkylation sites (tertiary alicyclic amines) is 1. The van der Waals surface area contributed by atoms with Gasteiger partial charge in [0.1, 0.15) is 17.5 Å². The number of nitrogens with one attached hydrogen (secondary N) is 1. The maximum absolute atomic E-state index is 12.9. The molecule has 0 radical (unpaired) electrons. The molecule has 1 fully saturated rings. The van der Waals surface area contributed by atoms with Crippen LogP contribution in [-0.2, 0) is 17.9 Å². The van der Waals surface area contributed by atoms with Crippen LogP contribution in [0.15, 0.2) is 48.5 Å². The maximum Gasteiger partial charge on any atom is 0.318 e. The highest BCUT2D eigenvalue weighted by molar-refractivity contribution is 5.87. The second-order valence-corrected chi connectivity index (χ2v) is 7.04. The lowest BCUT2D eigenvalue weighted by Crippen LogP contribution is -2.49. The molecular formula is C21H25N3O4. The predicted molar refractivity (Wildman–Crippen MR) is 105 cm³/mol. The van der Waals surface area contributed by atoms with Gasteiger partial charge in [0.25, 0.3) is 0 Å². The van der Waals surface area contributed by atoms with Gasteiger partial charge in [0.15, 0.2) is 0 Å². The van der Waals surface area contributed by atoms with Crippen molar-refractivity contribution in [2.45, 2.75) is 32.0 Å². The van der Waals surface area contributed by atoms with Crippen molar-refractivity contribution in [3.63, 3.8) is 0 Å². The third-order valence-electron chi connectivity index (χ3n) is 4.91. The fourth-order valence-electron chi connectivity index (χ4n) is 3.37. The van der Waals surface area contributed by atoms with Gasteiger partial charge in [-0.25, -0.2) is 4.79 Å². The van der Waals surface area contributed by atoms with E-state index in [0.717, 1.165) is 17.5 Å². The van der Waals surface area contributed by atoms with Gasteiger partial charge in [-0.15, -0.1) is 0 Å². The molecule has 148 valence electrons. The van der Waals surface area contributed by atoms with Crippen molar-refractivity contribution in [3.05, 3.63) is 59.7 Å². The number of carbonyl (C=O) groups is 2. The summed E-state index contributed by atoms with van der Waals surface area (Å²) in [5.74, 6) is 0.271. The number of benzene rings is 2. The Kier molecular flexibility index (Phi) is 6.03. The number of hydrogen-bond acceptors (Lipinski definition) is 4. The molecular weight excluding hydrogens is 358 g/mol. The summed E-state index contributed by atoms with van der Waals surface area (Å²) in [5, 5.41) is 21.5. The Morgan fingerprint density at radius 2 is 1.61 bits per heavy atom. The molecule has 1 saturated heterocycles. The lowest BCUT2D eigenvalue weighted by molar-refractivity contribution is -0.134. The molecule has 0 saturated carbocycles. The monoisotopic (exact) mass is 383 g/mol. The first kappa shape index (κ1) is 19.5. The first-order chi connectivity index (χ1) is 13.4. The summed E-state index contributed by atoms with van der Waals surface area (Å²) in [6, 6.07) is 12.6. The van der Waals surface area contributed by atoms with Gasteiger partial charge < -0.3 is 25.3 Å². The zero-order chi connectivity index (χ0) is 20.1. The Hall–Kier alpha value is -3.22. The van der Waals surface area contributed by atoms with Crippen molar-refractivity contribution >= 4 is 11.9 Å². The van der Waals surface area contributed by atoms with Gasteiger partial charge in [-0.3, -0.25) is 4.79 Å². The van der Waals surface area contributed by atoms with E-state index >= 15 is 0 Å². The van der Waals surface area contributed by atoms with Crippen LogP contribution >= 0.6 is 0 Å². The molecule has 1 heterocycles. The normalized spacial score (nSPS) is 16.0. The lowest BCUT2D eigenvalue weighted by Gasteiger charge is -2.28. The number of rotatable bonds is 5. The molecule has 0 spiro atoms. The minimum absolute atomic E-state index is 0.0923. The van der Waals surface area contributed by atoms with Crippen LogP contribution in [0.3, 0.4) is 0 Å². The van der Waals surface area contributed by atoms with E-state index in [0.29, 0.717) is 26.1 Å². The summed E-state index contributed by atoms with van der Waals surface area (Å²) in [4.78, 5) is 28.7. The van der Waals surface area contributed by atoms with E-state index < -0.39 is 6.04 Å². The van der Waals surface area contributed by atoms with Gasteiger partial charge in [-0.2, -0.15) is 0 Å². The highest BCUT2D eigenvalue weighted by atomic mass is 16.3. The van der Waals surface area contributed by atoms with E-state index in [1.165, 1.54) is 0 Å². The Labute approximate surface area is 164 Å². The van der Waals surface area contributed by atoms with Gasteiger partial charge >= 0.3 is 6.03 Å². The summed E-state index contributed by atoms with van der Waals surface area (Å²) in [5.41, 5.74) is 1.78. The lowest BCUT2D eigenvalue weighted by atomic mass is 10.1. The van der Waals surface area contributed by atoms with Crippen LogP contribution < -0.4 is 5.32 Å². The quantitative estimate of drug-likeness (QED) is 0.739. The van der Waals surface area contributed by atoms with Crippen molar-refractivity contribution in [3.8, 4) is 11.5 Å². The van der Waals surface area contributed by atoms with Crippen molar-refractivity contribution in [2.75, 3.05) is 13.6 Å². The molecule has 0 aromatic heterocycles. The zero-order valence-corrected chi connectivity index (χ0v) is 15.8. The van der Waals surface area contributed by atoms with Crippen LogP contribution in [0, 0.1) is 0 Å².